The first-order chi connectivity index (χ1) is 22.4. The van der Waals surface area contributed by atoms with Crippen molar-refractivity contribution < 1.29 is 30.4 Å². The number of nitrogens with zero attached hydrogens (tertiary/aromatic N) is 2. The standard InChI is InChI=1S/C33H36Cl2F2N4O5S2/c1-32(2)14-13-28(22-3-7-25(34)8-4-22)24(20-32)21-40-15-17-41(18-16-40)26-9-5-23(6-10-26)31(42)39-48(45,46)27-11-12-29(38)30(19-27)47(43,44)33(35,36)37/h3-12,19H,13-18,20-21,38H2,1-2H3,(H,39,42). The van der Waals surface area contributed by atoms with Gasteiger partial charge in [-0.25, -0.2) is 21.6 Å². The van der Waals surface area contributed by atoms with Crippen LogP contribution in [-0.4, -0.2) is 65.1 Å². The number of nitrogens with two attached hydrogens (primary N) is 1. The average molecular weight is 742 g/mol. The summed E-state index contributed by atoms with van der Waals surface area (Å²) >= 11 is 10.9. The third-order valence-electron chi connectivity index (χ3n) is 8.76. The van der Waals surface area contributed by atoms with Crippen molar-refractivity contribution in [3.05, 3.63) is 88.5 Å². The first kappa shape index (κ1) is 36.1. The summed E-state index contributed by atoms with van der Waals surface area (Å²) in [6, 6.07) is 16.6. The van der Waals surface area contributed by atoms with Gasteiger partial charge in [-0.3, -0.25) is 9.69 Å². The Bertz CT molecular complexity index is 1940. The molecule has 0 radical (unpaired) electrons. The van der Waals surface area contributed by atoms with E-state index in [1.807, 2.05) is 16.9 Å². The van der Waals surface area contributed by atoms with E-state index >= 15 is 0 Å². The molecule has 9 nitrogen and oxygen atoms in total. The number of anilines is 2. The Kier molecular flexibility index (Phi) is 10.2. The second-order valence-corrected chi connectivity index (χ2v) is 17.6. The monoisotopic (exact) mass is 740 g/mol. The summed E-state index contributed by atoms with van der Waals surface area (Å²) in [5.41, 5.74) is 10.1. The molecule has 258 valence electrons. The lowest BCUT2D eigenvalue weighted by atomic mass is 9.73. The number of alkyl halides is 3. The molecule has 1 heterocycles. The van der Waals surface area contributed by atoms with Gasteiger partial charge in [0.25, 0.3) is 25.8 Å². The number of carbonyl (C=O) groups excluding carboxylic acids is 1. The van der Waals surface area contributed by atoms with Crippen LogP contribution < -0.4 is 15.4 Å². The van der Waals surface area contributed by atoms with Gasteiger partial charge in [-0.15, -0.1) is 0 Å². The number of hydrogen-bond donors (Lipinski definition) is 2. The van der Waals surface area contributed by atoms with Crippen molar-refractivity contribution >= 4 is 65.9 Å². The fourth-order valence-electron chi connectivity index (χ4n) is 6.10. The van der Waals surface area contributed by atoms with Crippen molar-refractivity contribution in [3.63, 3.8) is 0 Å². The first-order valence-electron chi connectivity index (χ1n) is 15.2. The number of halogens is 4. The summed E-state index contributed by atoms with van der Waals surface area (Å²) in [6.45, 7) is 8.72. The Balaban J connectivity index is 1.22. The Morgan fingerprint density at radius 2 is 1.58 bits per heavy atom. The normalized spacial score (nSPS) is 17.8. The number of sulfone groups is 1. The Labute approximate surface area is 289 Å². The molecule has 1 saturated heterocycles. The van der Waals surface area contributed by atoms with Gasteiger partial charge in [-0.2, -0.15) is 8.78 Å². The number of hydrogen-bond acceptors (Lipinski definition) is 8. The van der Waals surface area contributed by atoms with E-state index in [0.29, 0.717) is 6.07 Å². The second kappa shape index (κ2) is 13.6. The number of rotatable bonds is 9. The van der Waals surface area contributed by atoms with Crippen molar-refractivity contribution in [1.29, 1.82) is 0 Å². The molecule has 0 bridgehead atoms. The highest BCUT2D eigenvalue weighted by molar-refractivity contribution is 7.94. The SMILES string of the molecule is CC1(C)CCC(c2ccc(Cl)cc2)=C(CN2CCN(c3ccc(C(=O)NS(=O)(=O)c4ccc(N)c(S(=O)(=O)C(F)(F)Cl)c4)cc3)CC2)C1. The summed E-state index contributed by atoms with van der Waals surface area (Å²) in [6.07, 6.45) is 3.19. The lowest BCUT2D eigenvalue weighted by molar-refractivity contribution is 0.0981. The minimum atomic E-state index is -5.50. The minimum Gasteiger partial charge on any atom is -0.398 e. The smallest absolute Gasteiger partial charge is 0.398 e. The molecule has 1 fully saturated rings. The van der Waals surface area contributed by atoms with Crippen molar-refractivity contribution in [1.82, 2.24) is 9.62 Å². The second-order valence-electron chi connectivity index (χ2n) is 12.8. The molecule has 1 aliphatic carbocycles. The van der Waals surface area contributed by atoms with Gasteiger partial charge in [0.1, 0.15) is 0 Å². The highest BCUT2D eigenvalue weighted by Gasteiger charge is 2.45. The number of benzene rings is 3. The van der Waals surface area contributed by atoms with E-state index in [1.165, 1.54) is 28.8 Å². The quantitative estimate of drug-likeness (QED) is 0.191. The predicted molar refractivity (Wildman–Crippen MR) is 185 cm³/mol. The van der Waals surface area contributed by atoms with E-state index in [4.69, 9.17) is 28.9 Å². The molecule has 3 aromatic rings. The van der Waals surface area contributed by atoms with Gasteiger partial charge in [0, 0.05) is 49.0 Å². The van der Waals surface area contributed by atoms with Gasteiger partial charge in [-0.1, -0.05) is 43.2 Å². The highest BCUT2D eigenvalue weighted by Crippen LogP contribution is 2.43. The Morgan fingerprint density at radius 1 is 0.958 bits per heavy atom. The number of piperazine rings is 1. The van der Waals surface area contributed by atoms with Gasteiger partial charge >= 0.3 is 4.71 Å². The fraction of sp³-hybridized carbons (Fsp3) is 0.364. The molecule has 0 atom stereocenters. The van der Waals surface area contributed by atoms with Crippen LogP contribution in [0.4, 0.5) is 20.2 Å². The molecule has 48 heavy (non-hydrogen) atoms. The molecular weight excluding hydrogens is 705 g/mol. The van der Waals surface area contributed by atoms with Gasteiger partial charge in [0.2, 0.25) is 0 Å². The lowest BCUT2D eigenvalue weighted by Gasteiger charge is -2.39. The molecule has 3 N–H and O–H groups in total. The van der Waals surface area contributed by atoms with Crippen LogP contribution in [0.3, 0.4) is 0 Å². The van der Waals surface area contributed by atoms with E-state index in [-0.39, 0.29) is 11.0 Å². The maximum atomic E-state index is 13.5. The zero-order chi connectivity index (χ0) is 35.1. The maximum absolute atomic E-state index is 13.5. The van der Waals surface area contributed by atoms with E-state index in [0.717, 1.165) is 74.8 Å². The van der Waals surface area contributed by atoms with Crippen LogP contribution in [0.15, 0.2) is 82.1 Å². The number of allylic oxidation sites excluding steroid dienone is 1. The summed E-state index contributed by atoms with van der Waals surface area (Å²) in [5, 5.41) is 0.721. The molecule has 0 unspecified atom stereocenters. The highest BCUT2D eigenvalue weighted by atomic mass is 35.5. The van der Waals surface area contributed by atoms with Crippen LogP contribution in [-0.2, 0) is 19.9 Å². The van der Waals surface area contributed by atoms with E-state index < -0.39 is 46.0 Å². The van der Waals surface area contributed by atoms with Crippen LogP contribution in [0.25, 0.3) is 5.57 Å². The van der Waals surface area contributed by atoms with Crippen LogP contribution in [0.1, 0.15) is 49.0 Å². The molecule has 0 saturated carbocycles. The van der Waals surface area contributed by atoms with Crippen molar-refractivity contribution in [2.24, 2.45) is 5.41 Å². The third kappa shape index (κ3) is 7.97. The van der Waals surface area contributed by atoms with Crippen LogP contribution in [0, 0.1) is 5.41 Å². The van der Waals surface area contributed by atoms with Crippen LogP contribution in [0.5, 0.6) is 0 Å². The summed E-state index contributed by atoms with van der Waals surface area (Å²) in [5.74, 6) is -0.990. The zero-order valence-electron chi connectivity index (χ0n) is 26.3. The molecule has 0 aromatic heterocycles. The van der Waals surface area contributed by atoms with Crippen molar-refractivity contribution in [2.45, 2.75) is 47.6 Å². The fourth-order valence-corrected chi connectivity index (χ4v) is 8.46. The average Bonchev–Trinajstić information content (AvgIpc) is 3.01. The van der Waals surface area contributed by atoms with Gasteiger partial charge in [0.15, 0.2) is 0 Å². The molecule has 1 amide bonds. The van der Waals surface area contributed by atoms with E-state index in [2.05, 4.69) is 35.8 Å². The molecule has 0 spiro atoms. The molecule has 5 rings (SSSR count). The number of nitrogens with one attached hydrogen (secondary N) is 1. The lowest BCUT2D eigenvalue weighted by Crippen LogP contribution is -2.47. The number of carbonyl (C=O) groups is 1. The van der Waals surface area contributed by atoms with Gasteiger partial charge < -0.3 is 10.6 Å². The summed E-state index contributed by atoms with van der Waals surface area (Å²) in [4.78, 5) is 15.6. The molecule has 1 aliphatic heterocycles. The third-order valence-corrected chi connectivity index (χ3v) is 12.5. The summed E-state index contributed by atoms with van der Waals surface area (Å²) < 4.78 is 74.1. The van der Waals surface area contributed by atoms with E-state index in [1.54, 1.807) is 12.1 Å². The number of sulfonamides is 1. The number of nitrogen functional groups attached to an aromatic ring is 1. The largest absolute Gasteiger partial charge is 0.427 e. The first-order valence-corrected chi connectivity index (χ1v) is 18.9. The van der Waals surface area contributed by atoms with Crippen LogP contribution >= 0.6 is 23.2 Å². The zero-order valence-corrected chi connectivity index (χ0v) is 29.5. The molecular formula is C33H36Cl2F2N4O5S2. The predicted octanol–water partition coefficient (Wildman–Crippen LogP) is 6.39. The Hall–Kier alpha value is -3.23. The number of amides is 1. The molecule has 2 aliphatic rings. The van der Waals surface area contributed by atoms with Crippen LogP contribution in [0.2, 0.25) is 5.02 Å². The minimum absolute atomic E-state index is 0.0260. The molecule has 3 aromatic carbocycles. The van der Waals surface area contributed by atoms with Gasteiger partial charge in [-0.05, 0) is 102 Å². The summed E-state index contributed by atoms with van der Waals surface area (Å²) in [7, 11) is -10.2. The molecule has 15 heteroatoms. The van der Waals surface area contributed by atoms with E-state index in [9.17, 15) is 30.4 Å². The van der Waals surface area contributed by atoms with Crippen molar-refractivity contribution in [3.8, 4) is 0 Å². The van der Waals surface area contributed by atoms with Crippen molar-refractivity contribution in [2.75, 3.05) is 43.4 Å². The topological polar surface area (TPSA) is 130 Å². The maximum Gasteiger partial charge on any atom is 0.427 e. The van der Waals surface area contributed by atoms with Gasteiger partial charge in [0.05, 0.1) is 15.5 Å². The Morgan fingerprint density at radius 3 is 2.19 bits per heavy atom.